The van der Waals surface area contributed by atoms with E-state index < -0.39 is 0 Å². The van der Waals surface area contributed by atoms with E-state index in [1.54, 1.807) is 0 Å². The summed E-state index contributed by atoms with van der Waals surface area (Å²) in [6.07, 6.45) is 4.07. The number of hydrogen-bond donors (Lipinski definition) is 3. The van der Waals surface area contributed by atoms with Crippen LogP contribution in [0.2, 0.25) is 0 Å². The molecule has 2 aliphatic heterocycles. The van der Waals surface area contributed by atoms with E-state index in [2.05, 4.69) is 10.6 Å². The predicted octanol–water partition coefficient (Wildman–Crippen LogP) is -0.524. The van der Waals surface area contributed by atoms with Gasteiger partial charge in [-0.25, -0.2) is 0 Å². The summed E-state index contributed by atoms with van der Waals surface area (Å²) in [6.45, 7) is 2.91. The van der Waals surface area contributed by atoms with E-state index in [-0.39, 0.29) is 30.4 Å². The Kier molecular flexibility index (Phi) is 5.79. The normalized spacial score (nSPS) is 23.9. The highest BCUT2D eigenvalue weighted by Gasteiger charge is 2.31. The molecule has 1 atom stereocenters. The summed E-state index contributed by atoms with van der Waals surface area (Å²) >= 11 is 0. The molecule has 114 valence electrons. The molecule has 2 amide bonds. The van der Waals surface area contributed by atoms with Gasteiger partial charge in [-0.15, -0.1) is 0 Å². The Labute approximate surface area is 119 Å². The first-order valence-corrected chi connectivity index (χ1v) is 7.63. The molecule has 0 aliphatic carbocycles. The van der Waals surface area contributed by atoms with Crippen molar-refractivity contribution in [2.75, 3.05) is 32.8 Å². The molecule has 0 aromatic carbocycles. The molecule has 6 nitrogen and oxygen atoms in total. The maximum Gasteiger partial charge on any atom is 0.239 e. The van der Waals surface area contributed by atoms with Gasteiger partial charge in [0.05, 0.1) is 6.04 Å². The summed E-state index contributed by atoms with van der Waals surface area (Å²) in [5.41, 5.74) is 0. The van der Waals surface area contributed by atoms with E-state index >= 15 is 0 Å². The van der Waals surface area contributed by atoms with Gasteiger partial charge >= 0.3 is 0 Å². The Balaban J connectivity index is 1.71. The summed E-state index contributed by atoms with van der Waals surface area (Å²) in [5, 5.41) is 14.8. The van der Waals surface area contributed by atoms with Gasteiger partial charge in [0.1, 0.15) is 0 Å². The van der Waals surface area contributed by atoms with Crippen molar-refractivity contribution in [3.8, 4) is 0 Å². The van der Waals surface area contributed by atoms with Crippen LogP contribution >= 0.6 is 0 Å². The van der Waals surface area contributed by atoms with Gasteiger partial charge in [0.15, 0.2) is 0 Å². The van der Waals surface area contributed by atoms with Crippen LogP contribution in [0.15, 0.2) is 0 Å². The number of aliphatic hydroxyl groups excluding tert-OH is 1. The Hall–Kier alpha value is -1.14. The smallest absolute Gasteiger partial charge is 0.239 e. The van der Waals surface area contributed by atoms with Crippen LogP contribution < -0.4 is 10.6 Å². The molecule has 6 heteroatoms. The van der Waals surface area contributed by atoms with Crippen molar-refractivity contribution >= 4 is 11.8 Å². The fourth-order valence-corrected chi connectivity index (χ4v) is 2.91. The maximum absolute atomic E-state index is 12.2. The number of hydrogen-bond acceptors (Lipinski definition) is 4. The number of carbonyl (C=O) groups is 2. The zero-order valence-corrected chi connectivity index (χ0v) is 11.9. The number of likely N-dealkylation sites (tertiary alicyclic amines) is 1. The lowest BCUT2D eigenvalue weighted by molar-refractivity contribution is -0.137. The third-order valence-corrected chi connectivity index (χ3v) is 4.17. The topological polar surface area (TPSA) is 81.7 Å². The van der Waals surface area contributed by atoms with Crippen LogP contribution in [0.4, 0.5) is 0 Å². The summed E-state index contributed by atoms with van der Waals surface area (Å²) in [6, 6.07) is -0.00932. The van der Waals surface area contributed by atoms with Crippen molar-refractivity contribution in [3.05, 3.63) is 0 Å². The second kappa shape index (κ2) is 7.59. The zero-order chi connectivity index (χ0) is 14.4. The van der Waals surface area contributed by atoms with Crippen LogP contribution in [0.1, 0.15) is 32.1 Å². The highest BCUT2D eigenvalue weighted by Crippen LogP contribution is 2.19. The highest BCUT2D eigenvalue weighted by molar-refractivity contribution is 5.83. The van der Waals surface area contributed by atoms with Gasteiger partial charge in [-0.3, -0.25) is 9.59 Å². The van der Waals surface area contributed by atoms with Crippen molar-refractivity contribution in [1.82, 2.24) is 15.5 Å². The monoisotopic (exact) mass is 283 g/mol. The number of aliphatic hydroxyl groups is 1. The third kappa shape index (κ3) is 3.93. The zero-order valence-electron chi connectivity index (χ0n) is 11.9. The molecule has 3 N–H and O–H groups in total. The minimum atomic E-state index is -0.00932. The largest absolute Gasteiger partial charge is 0.396 e. The van der Waals surface area contributed by atoms with Gasteiger partial charge in [-0.2, -0.15) is 0 Å². The molecular formula is C14H25N3O3. The maximum atomic E-state index is 12.2. The summed E-state index contributed by atoms with van der Waals surface area (Å²) in [5.74, 6) is 0.264. The van der Waals surface area contributed by atoms with Crippen molar-refractivity contribution in [3.63, 3.8) is 0 Å². The Bertz CT molecular complexity index is 335. The molecule has 2 fully saturated rings. The van der Waals surface area contributed by atoms with E-state index in [0.29, 0.717) is 26.1 Å². The molecule has 2 aliphatic rings. The Morgan fingerprint density at radius 2 is 2.00 bits per heavy atom. The number of carbonyl (C=O) groups excluding carboxylic acids is 2. The van der Waals surface area contributed by atoms with E-state index in [1.807, 2.05) is 4.90 Å². The average molecular weight is 283 g/mol. The molecule has 20 heavy (non-hydrogen) atoms. The van der Waals surface area contributed by atoms with Gasteiger partial charge in [0, 0.05) is 32.2 Å². The number of rotatable bonds is 5. The number of piperidine rings is 1. The number of amides is 2. The highest BCUT2D eigenvalue weighted by atomic mass is 16.3. The molecule has 0 aromatic rings. The SMILES string of the molecule is O=C(NCCCO)C1CCN(C(=O)C2CCCN2)CC1. The van der Waals surface area contributed by atoms with Crippen LogP contribution in [-0.4, -0.2) is 60.6 Å². The standard InChI is InChI=1S/C14H25N3O3/c18-10-2-7-16-13(19)11-4-8-17(9-5-11)14(20)12-3-1-6-15-12/h11-12,15,18H,1-10H2,(H,16,19). The van der Waals surface area contributed by atoms with Crippen molar-refractivity contribution < 1.29 is 14.7 Å². The van der Waals surface area contributed by atoms with E-state index in [0.717, 1.165) is 32.2 Å². The first kappa shape index (κ1) is 15.3. The Morgan fingerprint density at radius 3 is 2.60 bits per heavy atom. The third-order valence-electron chi connectivity index (χ3n) is 4.17. The summed E-state index contributed by atoms with van der Waals surface area (Å²) < 4.78 is 0. The first-order valence-electron chi connectivity index (χ1n) is 7.63. The fraction of sp³-hybridized carbons (Fsp3) is 0.857. The van der Waals surface area contributed by atoms with Crippen LogP contribution in [0, 0.1) is 5.92 Å². The average Bonchev–Trinajstić information content (AvgIpc) is 3.01. The minimum absolute atomic E-state index is 0.00859. The van der Waals surface area contributed by atoms with Gasteiger partial charge in [-0.1, -0.05) is 0 Å². The lowest BCUT2D eigenvalue weighted by atomic mass is 9.95. The molecule has 0 spiro atoms. The van der Waals surface area contributed by atoms with Gasteiger partial charge in [0.2, 0.25) is 11.8 Å². The van der Waals surface area contributed by atoms with Crippen LogP contribution in [0.3, 0.4) is 0 Å². The molecule has 2 rings (SSSR count). The Morgan fingerprint density at radius 1 is 1.25 bits per heavy atom. The molecule has 2 heterocycles. The summed E-state index contributed by atoms with van der Waals surface area (Å²) in [7, 11) is 0. The fourth-order valence-electron chi connectivity index (χ4n) is 2.91. The lowest BCUT2D eigenvalue weighted by Crippen LogP contribution is -2.48. The second-order valence-corrected chi connectivity index (χ2v) is 5.62. The van der Waals surface area contributed by atoms with Crippen LogP contribution in [0.25, 0.3) is 0 Å². The number of nitrogens with zero attached hydrogens (tertiary/aromatic N) is 1. The lowest BCUT2D eigenvalue weighted by Gasteiger charge is -2.33. The molecule has 0 aromatic heterocycles. The molecule has 0 radical (unpaired) electrons. The van der Waals surface area contributed by atoms with E-state index in [1.165, 1.54) is 0 Å². The predicted molar refractivity (Wildman–Crippen MR) is 75.0 cm³/mol. The minimum Gasteiger partial charge on any atom is -0.396 e. The second-order valence-electron chi connectivity index (χ2n) is 5.62. The quantitative estimate of drug-likeness (QED) is 0.593. The molecule has 1 unspecified atom stereocenters. The molecule has 0 bridgehead atoms. The van der Waals surface area contributed by atoms with Gasteiger partial charge < -0.3 is 20.6 Å². The molecule has 2 saturated heterocycles. The molecule has 0 saturated carbocycles. The van der Waals surface area contributed by atoms with Crippen molar-refractivity contribution in [2.45, 2.75) is 38.1 Å². The van der Waals surface area contributed by atoms with E-state index in [9.17, 15) is 9.59 Å². The van der Waals surface area contributed by atoms with Crippen LogP contribution in [0.5, 0.6) is 0 Å². The molecular weight excluding hydrogens is 258 g/mol. The van der Waals surface area contributed by atoms with E-state index in [4.69, 9.17) is 5.11 Å². The van der Waals surface area contributed by atoms with Gasteiger partial charge in [-0.05, 0) is 38.6 Å². The van der Waals surface area contributed by atoms with Crippen molar-refractivity contribution in [1.29, 1.82) is 0 Å². The van der Waals surface area contributed by atoms with Crippen LogP contribution in [-0.2, 0) is 9.59 Å². The van der Waals surface area contributed by atoms with Gasteiger partial charge in [0.25, 0.3) is 0 Å². The number of nitrogens with one attached hydrogen (secondary N) is 2. The summed E-state index contributed by atoms with van der Waals surface area (Å²) in [4.78, 5) is 26.0. The van der Waals surface area contributed by atoms with Crippen molar-refractivity contribution in [2.24, 2.45) is 5.92 Å². The first-order chi connectivity index (χ1) is 9.72.